The Morgan fingerprint density at radius 1 is 1.16 bits per heavy atom. The van der Waals surface area contributed by atoms with Crippen molar-refractivity contribution in [1.82, 2.24) is 15.0 Å². The molecule has 0 bridgehead atoms. The summed E-state index contributed by atoms with van der Waals surface area (Å²) in [5, 5.41) is 8.22. The van der Waals surface area contributed by atoms with Crippen molar-refractivity contribution in [2.45, 2.75) is 13.0 Å². The molecule has 0 saturated heterocycles. The highest BCUT2D eigenvalue weighted by atomic mass is 16.5. The fraction of sp³-hybridized carbons (Fsp3) is 0.385. The molecule has 0 amide bonds. The molecule has 102 valence electrons. The van der Waals surface area contributed by atoms with Gasteiger partial charge in [0, 0.05) is 18.2 Å². The smallest absolute Gasteiger partial charge is 0.123 e. The van der Waals surface area contributed by atoms with Crippen LogP contribution < -0.4 is 15.2 Å². The maximum absolute atomic E-state index is 5.48. The summed E-state index contributed by atoms with van der Waals surface area (Å²) in [7, 11) is 3.24. The molecule has 19 heavy (non-hydrogen) atoms. The molecule has 2 N–H and O–H groups in total. The quantitative estimate of drug-likeness (QED) is 0.849. The van der Waals surface area contributed by atoms with Gasteiger partial charge in [-0.15, -0.1) is 5.10 Å². The number of aromatic nitrogens is 3. The number of nitrogens with zero attached hydrogens (tertiary/aromatic N) is 3. The van der Waals surface area contributed by atoms with Crippen molar-refractivity contribution in [3.63, 3.8) is 0 Å². The van der Waals surface area contributed by atoms with Gasteiger partial charge < -0.3 is 15.2 Å². The van der Waals surface area contributed by atoms with Gasteiger partial charge in [0.1, 0.15) is 17.2 Å². The van der Waals surface area contributed by atoms with Crippen LogP contribution in [0.3, 0.4) is 0 Å². The number of nitrogens with two attached hydrogens (primary N) is 1. The molecule has 0 spiro atoms. The fourth-order valence-corrected chi connectivity index (χ4v) is 1.75. The Bertz CT molecular complexity index is 517. The molecular weight excluding hydrogens is 244 g/mol. The first-order chi connectivity index (χ1) is 9.26. The molecule has 1 heterocycles. The van der Waals surface area contributed by atoms with Crippen LogP contribution in [0.4, 0.5) is 0 Å². The van der Waals surface area contributed by atoms with Gasteiger partial charge in [0.25, 0.3) is 0 Å². The van der Waals surface area contributed by atoms with E-state index in [4.69, 9.17) is 15.2 Å². The highest BCUT2D eigenvalue weighted by molar-refractivity contribution is 5.62. The van der Waals surface area contributed by atoms with Gasteiger partial charge in [-0.1, -0.05) is 5.21 Å². The number of rotatable bonds is 6. The Labute approximate surface area is 112 Å². The molecule has 0 atom stereocenters. The Morgan fingerprint density at radius 2 is 1.84 bits per heavy atom. The van der Waals surface area contributed by atoms with Crippen molar-refractivity contribution < 1.29 is 9.47 Å². The third-order valence-corrected chi connectivity index (χ3v) is 2.78. The first-order valence-corrected chi connectivity index (χ1v) is 6.10. The predicted octanol–water partition coefficient (Wildman–Crippen LogP) is 1.31. The fourth-order valence-electron chi connectivity index (χ4n) is 1.75. The summed E-state index contributed by atoms with van der Waals surface area (Å²) in [4.78, 5) is 0. The average Bonchev–Trinajstić information content (AvgIpc) is 2.93. The average molecular weight is 262 g/mol. The lowest BCUT2D eigenvalue weighted by molar-refractivity contribution is 0.394. The molecule has 2 rings (SSSR count). The van der Waals surface area contributed by atoms with E-state index < -0.39 is 0 Å². The minimum Gasteiger partial charge on any atom is -0.497 e. The highest BCUT2D eigenvalue weighted by Gasteiger charge is 2.08. The number of benzene rings is 1. The second-order valence-corrected chi connectivity index (χ2v) is 4.11. The van der Waals surface area contributed by atoms with E-state index in [2.05, 4.69) is 10.3 Å². The summed E-state index contributed by atoms with van der Waals surface area (Å²) >= 11 is 0. The third kappa shape index (κ3) is 3.23. The van der Waals surface area contributed by atoms with Gasteiger partial charge >= 0.3 is 0 Å². The molecule has 1 aromatic heterocycles. The largest absolute Gasteiger partial charge is 0.497 e. The lowest BCUT2D eigenvalue weighted by Gasteiger charge is -2.06. The van der Waals surface area contributed by atoms with Crippen LogP contribution in [0.25, 0.3) is 11.3 Å². The lowest BCUT2D eigenvalue weighted by Crippen LogP contribution is -2.06. The van der Waals surface area contributed by atoms with E-state index in [1.165, 1.54) is 0 Å². The predicted molar refractivity (Wildman–Crippen MR) is 72.2 cm³/mol. The van der Waals surface area contributed by atoms with Crippen LogP contribution in [0.2, 0.25) is 0 Å². The molecule has 1 aromatic carbocycles. The molecule has 6 heteroatoms. The molecule has 0 aliphatic heterocycles. The maximum Gasteiger partial charge on any atom is 0.123 e. The molecule has 6 nitrogen and oxygen atoms in total. The van der Waals surface area contributed by atoms with Crippen LogP contribution in [0.1, 0.15) is 6.42 Å². The summed E-state index contributed by atoms with van der Waals surface area (Å²) < 4.78 is 12.3. The second kappa shape index (κ2) is 6.19. The minimum atomic E-state index is 0.641. The molecule has 2 aromatic rings. The van der Waals surface area contributed by atoms with Crippen LogP contribution in [-0.4, -0.2) is 35.8 Å². The SMILES string of the molecule is COc1cc(OC)cc(-c2cn(CCCN)nn2)c1. The van der Waals surface area contributed by atoms with Crippen LogP contribution in [-0.2, 0) is 6.54 Å². The van der Waals surface area contributed by atoms with Crippen LogP contribution in [0, 0.1) is 0 Å². The van der Waals surface area contributed by atoms with Crippen LogP contribution >= 0.6 is 0 Å². The Kier molecular flexibility index (Phi) is 4.35. The topological polar surface area (TPSA) is 75.2 Å². The van der Waals surface area contributed by atoms with Crippen molar-refractivity contribution >= 4 is 0 Å². The second-order valence-electron chi connectivity index (χ2n) is 4.11. The molecule has 0 fully saturated rings. The zero-order chi connectivity index (χ0) is 13.7. The maximum atomic E-state index is 5.48. The van der Waals surface area contributed by atoms with Crippen LogP contribution in [0.5, 0.6) is 11.5 Å². The molecular formula is C13H18N4O2. The first-order valence-electron chi connectivity index (χ1n) is 6.10. The van der Waals surface area contributed by atoms with E-state index in [1.54, 1.807) is 18.9 Å². The van der Waals surface area contributed by atoms with Gasteiger partial charge in [-0.05, 0) is 25.1 Å². The Morgan fingerprint density at radius 3 is 2.42 bits per heavy atom. The van der Waals surface area contributed by atoms with Crippen LogP contribution in [0.15, 0.2) is 24.4 Å². The molecule has 0 aliphatic rings. The highest BCUT2D eigenvalue weighted by Crippen LogP contribution is 2.28. The monoisotopic (exact) mass is 262 g/mol. The Hall–Kier alpha value is -2.08. The van der Waals surface area contributed by atoms with E-state index in [0.29, 0.717) is 6.54 Å². The molecule has 0 radical (unpaired) electrons. The zero-order valence-corrected chi connectivity index (χ0v) is 11.2. The summed E-state index contributed by atoms with van der Waals surface area (Å²) in [5.41, 5.74) is 7.17. The summed E-state index contributed by atoms with van der Waals surface area (Å²) in [6, 6.07) is 5.63. The van der Waals surface area contributed by atoms with Gasteiger partial charge in [-0.3, -0.25) is 4.68 Å². The van der Waals surface area contributed by atoms with Gasteiger partial charge in [0.2, 0.25) is 0 Å². The summed E-state index contributed by atoms with van der Waals surface area (Å²) in [5.74, 6) is 1.46. The van der Waals surface area contributed by atoms with E-state index >= 15 is 0 Å². The Balaban J connectivity index is 2.27. The van der Waals surface area contributed by atoms with Gasteiger partial charge in [0.05, 0.1) is 20.4 Å². The van der Waals surface area contributed by atoms with Crippen molar-refractivity contribution in [3.8, 4) is 22.8 Å². The van der Waals surface area contributed by atoms with Crippen molar-refractivity contribution in [3.05, 3.63) is 24.4 Å². The number of aryl methyl sites for hydroxylation is 1. The normalized spacial score (nSPS) is 10.5. The first kappa shape index (κ1) is 13.4. The van der Waals surface area contributed by atoms with Gasteiger partial charge in [0.15, 0.2) is 0 Å². The van der Waals surface area contributed by atoms with Crippen molar-refractivity contribution in [1.29, 1.82) is 0 Å². The molecule has 0 saturated carbocycles. The minimum absolute atomic E-state index is 0.641. The number of ether oxygens (including phenoxy) is 2. The van der Waals surface area contributed by atoms with Crippen molar-refractivity contribution in [2.24, 2.45) is 5.73 Å². The number of hydrogen-bond acceptors (Lipinski definition) is 5. The summed E-state index contributed by atoms with van der Waals surface area (Å²) in [6.07, 6.45) is 2.77. The van der Waals surface area contributed by atoms with E-state index in [-0.39, 0.29) is 0 Å². The standard InChI is InChI=1S/C13H18N4O2/c1-18-11-6-10(7-12(8-11)19-2)13-9-17(16-15-13)5-3-4-14/h6-9H,3-5,14H2,1-2H3. The van der Waals surface area contributed by atoms with E-state index in [0.717, 1.165) is 35.7 Å². The summed E-state index contributed by atoms with van der Waals surface area (Å²) in [6.45, 7) is 1.41. The molecule has 0 unspecified atom stereocenters. The zero-order valence-electron chi connectivity index (χ0n) is 11.2. The van der Waals surface area contributed by atoms with E-state index in [1.807, 2.05) is 24.4 Å². The van der Waals surface area contributed by atoms with Gasteiger partial charge in [-0.25, -0.2) is 0 Å². The molecule has 0 aliphatic carbocycles. The number of methoxy groups -OCH3 is 2. The third-order valence-electron chi connectivity index (χ3n) is 2.78. The number of hydrogen-bond donors (Lipinski definition) is 1. The van der Waals surface area contributed by atoms with Gasteiger partial charge in [-0.2, -0.15) is 0 Å². The van der Waals surface area contributed by atoms with Crippen molar-refractivity contribution in [2.75, 3.05) is 20.8 Å². The lowest BCUT2D eigenvalue weighted by atomic mass is 10.1. The van der Waals surface area contributed by atoms with E-state index in [9.17, 15) is 0 Å².